The van der Waals surface area contributed by atoms with Gasteiger partial charge in [0.25, 0.3) is 0 Å². The number of H-pyrrole nitrogens is 2. The molecule has 2 nitrogen and oxygen atoms in total. The highest BCUT2D eigenvalue weighted by Crippen LogP contribution is 2.32. The van der Waals surface area contributed by atoms with Crippen molar-refractivity contribution < 1.29 is 0 Å². The van der Waals surface area contributed by atoms with Gasteiger partial charge in [-0.3, -0.25) is 0 Å². The second-order valence-corrected chi connectivity index (χ2v) is 7.31. The summed E-state index contributed by atoms with van der Waals surface area (Å²) in [7, 11) is 0. The molecule has 0 atom stereocenters. The molecule has 0 radical (unpaired) electrons. The molecule has 0 aliphatic carbocycles. The van der Waals surface area contributed by atoms with Crippen LogP contribution in [0, 0.1) is 19.1 Å². The fourth-order valence-corrected chi connectivity index (χ4v) is 4.79. The van der Waals surface area contributed by atoms with Crippen LogP contribution >= 0.6 is 103 Å². The van der Waals surface area contributed by atoms with Crippen LogP contribution in [0.3, 0.4) is 0 Å². The second kappa shape index (κ2) is 4.60. The molecule has 0 saturated heterocycles. The molecule has 0 saturated carbocycles. The maximum Gasteiger partial charge on any atom is 0.175 e. The van der Waals surface area contributed by atoms with Crippen molar-refractivity contribution in [3.8, 4) is 0 Å². The van der Waals surface area contributed by atoms with Gasteiger partial charge in [-0.05, 0) is 103 Å². The predicted molar refractivity (Wildman–Crippen MR) is 94.4 cm³/mol. The van der Waals surface area contributed by atoms with Gasteiger partial charge in [-0.25, -0.2) is 0 Å². The van der Waals surface area contributed by atoms with Crippen LogP contribution in [0.5, 0.6) is 0 Å². The summed E-state index contributed by atoms with van der Waals surface area (Å²) < 4.78 is 5.72. The zero-order valence-corrected chi connectivity index (χ0v) is 15.9. The first kappa shape index (κ1) is 12.3. The van der Waals surface area contributed by atoms with Gasteiger partial charge in [-0.1, -0.05) is 0 Å². The van der Waals surface area contributed by atoms with E-state index in [0.717, 1.165) is 11.0 Å². The minimum atomic E-state index is 0.689. The molecule has 2 rings (SSSR count). The molecule has 7 heteroatoms. The van der Waals surface area contributed by atoms with Crippen LogP contribution in [0.15, 0.2) is 0 Å². The van der Waals surface area contributed by atoms with E-state index in [0.29, 0.717) is 4.77 Å². The summed E-state index contributed by atoms with van der Waals surface area (Å²) in [6, 6.07) is 0. The predicted octanol–water partition coefficient (Wildman–Crippen LogP) is 4.64. The van der Waals surface area contributed by atoms with E-state index >= 15 is 0 Å². The van der Waals surface area contributed by atoms with Gasteiger partial charge >= 0.3 is 0 Å². The van der Waals surface area contributed by atoms with Crippen molar-refractivity contribution >= 4 is 114 Å². The van der Waals surface area contributed by atoms with Crippen molar-refractivity contribution in [2.45, 2.75) is 0 Å². The van der Waals surface area contributed by atoms with Crippen LogP contribution < -0.4 is 0 Å². The Labute approximate surface area is 140 Å². The first-order chi connectivity index (χ1) is 6.52. The van der Waals surface area contributed by atoms with Gasteiger partial charge in [0.05, 0.1) is 18.2 Å². The summed E-state index contributed by atoms with van der Waals surface area (Å²) in [5, 5.41) is 0. The van der Waals surface area contributed by atoms with Gasteiger partial charge < -0.3 is 9.97 Å². The van der Waals surface area contributed by atoms with Crippen LogP contribution in [0.2, 0.25) is 0 Å². The molecule has 0 unspecified atom stereocenters. The molecule has 0 bridgehead atoms. The van der Waals surface area contributed by atoms with Crippen molar-refractivity contribution in [3.05, 3.63) is 19.1 Å². The van der Waals surface area contributed by atoms with Gasteiger partial charge in [0, 0.05) is 7.14 Å². The molecule has 2 N–H and O–H groups in total. The Bertz CT molecular complexity index is 523. The largest absolute Gasteiger partial charge is 0.330 e. The van der Waals surface area contributed by atoms with Crippen LogP contribution in [-0.2, 0) is 0 Å². The van der Waals surface area contributed by atoms with E-state index in [2.05, 4.69) is 100 Å². The number of halogens is 4. The van der Waals surface area contributed by atoms with E-state index in [-0.39, 0.29) is 0 Å². The Balaban J connectivity index is 3.08. The molecular formula is C7H2I4N2S. The highest BCUT2D eigenvalue weighted by Gasteiger charge is 2.14. The van der Waals surface area contributed by atoms with Gasteiger partial charge in [0.1, 0.15) is 0 Å². The molecule has 0 aliphatic heterocycles. The number of fused-ring (bicyclic) bond motifs is 1. The lowest BCUT2D eigenvalue weighted by Gasteiger charge is -2.04. The number of benzene rings is 1. The molecule has 0 spiro atoms. The normalized spacial score (nSPS) is 11.1. The summed E-state index contributed by atoms with van der Waals surface area (Å²) in [4.78, 5) is 6.35. The molecule has 0 amide bonds. The fraction of sp³-hybridized carbons (Fsp3) is 0. The molecule has 1 aromatic heterocycles. The molecular weight excluding hydrogens is 652 g/mol. The lowest BCUT2D eigenvalue weighted by atomic mass is 10.3. The summed E-state index contributed by atoms with van der Waals surface area (Å²) in [6.45, 7) is 0. The number of nitrogens with one attached hydrogen (secondary N) is 2. The topological polar surface area (TPSA) is 31.6 Å². The minimum absolute atomic E-state index is 0.689. The van der Waals surface area contributed by atoms with Crippen molar-refractivity contribution in [2.75, 3.05) is 0 Å². The SMILES string of the molecule is S=c1[nH]c2c(I)c(I)c(I)c(I)c2[nH]1. The van der Waals surface area contributed by atoms with E-state index in [4.69, 9.17) is 12.2 Å². The second-order valence-electron chi connectivity index (χ2n) is 2.59. The van der Waals surface area contributed by atoms with Gasteiger partial charge in [-0.15, -0.1) is 0 Å². The lowest BCUT2D eigenvalue weighted by molar-refractivity contribution is 1.29. The van der Waals surface area contributed by atoms with E-state index in [1.54, 1.807) is 0 Å². The number of hydrogen-bond acceptors (Lipinski definition) is 1. The summed E-state index contributed by atoms with van der Waals surface area (Å²) in [5.74, 6) is 0. The third-order valence-corrected chi connectivity index (χ3v) is 9.36. The molecule has 14 heavy (non-hydrogen) atoms. The monoisotopic (exact) mass is 654 g/mol. The zero-order valence-electron chi connectivity index (χ0n) is 6.42. The van der Waals surface area contributed by atoms with Crippen molar-refractivity contribution in [1.29, 1.82) is 0 Å². The Morgan fingerprint density at radius 1 is 0.714 bits per heavy atom. The Morgan fingerprint density at radius 3 is 1.43 bits per heavy atom. The number of aromatic nitrogens is 2. The van der Waals surface area contributed by atoms with Crippen LogP contribution in [0.25, 0.3) is 11.0 Å². The van der Waals surface area contributed by atoms with Crippen LogP contribution in [0.4, 0.5) is 0 Å². The number of hydrogen-bond donors (Lipinski definition) is 2. The average molecular weight is 654 g/mol. The third-order valence-electron chi connectivity index (χ3n) is 1.74. The minimum Gasteiger partial charge on any atom is -0.330 e. The van der Waals surface area contributed by atoms with Gasteiger partial charge in [-0.2, -0.15) is 0 Å². The number of imidazole rings is 1. The van der Waals surface area contributed by atoms with Gasteiger partial charge in [0.15, 0.2) is 4.77 Å². The Hall–Kier alpha value is 1.83. The molecule has 1 aromatic carbocycles. The smallest absolute Gasteiger partial charge is 0.175 e. The Kier molecular flexibility index (Phi) is 4.04. The summed E-state index contributed by atoms with van der Waals surface area (Å²) >= 11 is 14.5. The Morgan fingerprint density at radius 2 is 1.07 bits per heavy atom. The van der Waals surface area contributed by atoms with E-state index < -0.39 is 0 Å². The molecule has 1 heterocycles. The summed E-state index contributed by atoms with van der Waals surface area (Å²) in [6.07, 6.45) is 0. The molecule has 2 aromatic rings. The quantitative estimate of drug-likeness (QED) is 0.185. The van der Waals surface area contributed by atoms with E-state index in [1.807, 2.05) is 0 Å². The van der Waals surface area contributed by atoms with E-state index in [9.17, 15) is 0 Å². The van der Waals surface area contributed by atoms with Crippen molar-refractivity contribution in [2.24, 2.45) is 0 Å². The van der Waals surface area contributed by atoms with Crippen LogP contribution in [-0.4, -0.2) is 9.97 Å². The molecule has 0 aliphatic rings. The van der Waals surface area contributed by atoms with Crippen LogP contribution in [0.1, 0.15) is 0 Å². The third kappa shape index (κ3) is 1.99. The van der Waals surface area contributed by atoms with E-state index in [1.165, 1.54) is 14.3 Å². The standard InChI is InChI=1S/C7H2I4N2S/c8-1-2(9)4(11)6-5(3(1)10)12-7(14)13-6/h(H2,12,13,14). The zero-order chi connectivity index (χ0) is 10.5. The lowest BCUT2D eigenvalue weighted by Crippen LogP contribution is -1.92. The fourth-order valence-electron chi connectivity index (χ4n) is 1.12. The average Bonchev–Trinajstić information content (AvgIpc) is 2.54. The first-order valence-electron chi connectivity index (χ1n) is 3.46. The number of aromatic amines is 2. The highest BCUT2D eigenvalue weighted by molar-refractivity contribution is 14.1. The maximum atomic E-state index is 5.10. The molecule has 0 fully saturated rings. The molecule has 74 valence electrons. The van der Waals surface area contributed by atoms with Gasteiger partial charge in [0.2, 0.25) is 0 Å². The maximum absolute atomic E-state index is 5.10. The highest BCUT2D eigenvalue weighted by atomic mass is 127. The van der Waals surface area contributed by atoms with Crippen molar-refractivity contribution in [1.82, 2.24) is 9.97 Å². The first-order valence-corrected chi connectivity index (χ1v) is 8.18. The summed E-state index contributed by atoms with van der Waals surface area (Å²) in [5.41, 5.74) is 2.23. The number of rotatable bonds is 0. The van der Waals surface area contributed by atoms with Crippen molar-refractivity contribution in [3.63, 3.8) is 0 Å².